The Balaban J connectivity index is 1.71. The zero-order valence-electron chi connectivity index (χ0n) is 9.91. The molecule has 2 aliphatic carbocycles. The van der Waals surface area contributed by atoms with Crippen LogP contribution in [0.2, 0.25) is 0 Å². The van der Waals surface area contributed by atoms with Crippen molar-refractivity contribution < 1.29 is 5.11 Å². The van der Waals surface area contributed by atoms with Crippen LogP contribution in [0.5, 0.6) is 0 Å². The topological polar surface area (TPSA) is 32.3 Å². The quantitative estimate of drug-likeness (QED) is 0.735. The molecule has 0 aromatic heterocycles. The molecule has 0 bridgehead atoms. The fraction of sp³-hybridized carbons (Fsp3) is 1.00. The molecule has 0 spiro atoms. The first-order valence-corrected chi connectivity index (χ1v) is 6.68. The van der Waals surface area contributed by atoms with E-state index in [1.165, 1.54) is 38.5 Å². The second-order valence-electron chi connectivity index (χ2n) is 5.64. The van der Waals surface area contributed by atoms with E-state index in [-0.39, 0.29) is 6.10 Å². The molecule has 2 N–H and O–H groups in total. The molecule has 2 heteroatoms. The van der Waals surface area contributed by atoms with Crippen LogP contribution in [-0.4, -0.2) is 23.3 Å². The summed E-state index contributed by atoms with van der Waals surface area (Å²) in [6.07, 6.45) is 9.87. The van der Waals surface area contributed by atoms with Crippen molar-refractivity contribution in [2.24, 2.45) is 5.92 Å². The first-order valence-electron chi connectivity index (χ1n) is 6.68. The van der Waals surface area contributed by atoms with Crippen molar-refractivity contribution >= 4 is 0 Å². The van der Waals surface area contributed by atoms with Gasteiger partial charge in [0, 0.05) is 12.1 Å². The van der Waals surface area contributed by atoms with E-state index in [4.69, 9.17) is 0 Å². The number of hydrogen-bond donors (Lipinski definition) is 2. The van der Waals surface area contributed by atoms with Crippen molar-refractivity contribution in [2.45, 2.75) is 76.5 Å². The van der Waals surface area contributed by atoms with Crippen molar-refractivity contribution in [3.05, 3.63) is 0 Å². The Morgan fingerprint density at radius 2 is 1.67 bits per heavy atom. The van der Waals surface area contributed by atoms with Crippen LogP contribution in [-0.2, 0) is 0 Å². The lowest BCUT2D eigenvalue weighted by molar-refractivity contribution is 0.111. The first-order chi connectivity index (χ1) is 7.24. The van der Waals surface area contributed by atoms with Crippen LogP contribution in [0.25, 0.3) is 0 Å². The zero-order chi connectivity index (χ0) is 10.7. The van der Waals surface area contributed by atoms with Gasteiger partial charge >= 0.3 is 0 Å². The molecule has 0 aromatic rings. The average molecular weight is 211 g/mol. The Labute approximate surface area is 93.5 Å². The summed E-state index contributed by atoms with van der Waals surface area (Å²) in [4.78, 5) is 0. The molecule has 0 aliphatic heterocycles. The van der Waals surface area contributed by atoms with Crippen molar-refractivity contribution in [1.29, 1.82) is 0 Å². The van der Waals surface area contributed by atoms with E-state index in [0.717, 1.165) is 24.8 Å². The normalized spacial score (nSPS) is 42.8. The first kappa shape index (κ1) is 11.4. The highest BCUT2D eigenvalue weighted by atomic mass is 16.3. The third-order valence-electron chi connectivity index (χ3n) is 4.10. The molecular weight excluding hydrogens is 186 g/mol. The van der Waals surface area contributed by atoms with Gasteiger partial charge in [0.25, 0.3) is 0 Å². The summed E-state index contributed by atoms with van der Waals surface area (Å²) in [5.41, 5.74) is 0. The average Bonchev–Trinajstić information content (AvgIpc) is 2.22. The zero-order valence-corrected chi connectivity index (χ0v) is 9.91. The molecule has 0 saturated heterocycles. The van der Waals surface area contributed by atoms with Gasteiger partial charge in [-0.1, -0.05) is 19.8 Å². The van der Waals surface area contributed by atoms with Gasteiger partial charge in [0.15, 0.2) is 0 Å². The Kier molecular flexibility index (Phi) is 4.04. The molecule has 0 radical (unpaired) electrons. The summed E-state index contributed by atoms with van der Waals surface area (Å²) in [5.74, 6) is 0.908. The van der Waals surface area contributed by atoms with E-state index in [1.807, 2.05) is 0 Å². The van der Waals surface area contributed by atoms with Gasteiger partial charge in [-0.15, -0.1) is 0 Å². The standard InChI is InChI=1S/C13H25NO/c1-10-3-2-4-12(9-10)14-11-5-7-13(15)8-6-11/h10-15H,2-9H2,1H3/t10-,11?,12+,13?/m1/s1. The van der Waals surface area contributed by atoms with Gasteiger partial charge in [-0.25, -0.2) is 0 Å². The summed E-state index contributed by atoms with van der Waals surface area (Å²) in [6.45, 7) is 2.37. The second-order valence-corrected chi connectivity index (χ2v) is 5.64. The summed E-state index contributed by atoms with van der Waals surface area (Å²) < 4.78 is 0. The molecule has 2 atom stereocenters. The van der Waals surface area contributed by atoms with E-state index in [9.17, 15) is 5.11 Å². The van der Waals surface area contributed by atoms with Gasteiger partial charge in [0.1, 0.15) is 0 Å². The van der Waals surface area contributed by atoms with Crippen molar-refractivity contribution in [2.75, 3.05) is 0 Å². The minimum Gasteiger partial charge on any atom is -0.393 e. The second kappa shape index (κ2) is 5.31. The van der Waals surface area contributed by atoms with Crippen LogP contribution in [0.1, 0.15) is 58.3 Å². The Hall–Kier alpha value is -0.0800. The molecule has 0 amide bonds. The van der Waals surface area contributed by atoms with E-state index in [2.05, 4.69) is 12.2 Å². The lowest BCUT2D eigenvalue weighted by atomic mass is 9.85. The summed E-state index contributed by atoms with van der Waals surface area (Å²) in [7, 11) is 0. The molecule has 0 aromatic carbocycles. The van der Waals surface area contributed by atoms with Gasteiger partial charge < -0.3 is 10.4 Å². The minimum absolute atomic E-state index is 0.0201. The highest BCUT2D eigenvalue weighted by molar-refractivity contribution is 4.83. The largest absolute Gasteiger partial charge is 0.393 e. The Bertz CT molecular complexity index is 187. The summed E-state index contributed by atoms with van der Waals surface area (Å²) in [5, 5.41) is 13.2. The molecule has 0 heterocycles. The summed E-state index contributed by atoms with van der Waals surface area (Å²) >= 11 is 0. The highest BCUT2D eigenvalue weighted by Crippen LogP contribution is 2.26. The van der Waals surface area contributed by atoms with Crippen molar-refractivity contribution in [3.8, 4) is 0 Å². The smallest absolute Gasteiger partial charge is 0.0541 e. The third kappa shape index (κ3) is 3.46. The van der Waals surface area contributed by atoms with E-state index >= 15 is 0 Å². The van der Waals surface area contributed by atoms with Crippen LogP contribution in [0.3, 0.4) is 0 Å². The molecular formula is C13H25NO. The Morgan fingerprint density at radius 3 is 2.33 bits per heavy atom. The molecule has 15 heavy (non-hydrogen) atoms. The number of aliphatic hydroxyl groups excluding tert-OH is 1. The van der Waals surface area contributed by atoms with Crippen LogP contribution < -0.4 is 5.32 Å². The fourth-order valence-corrected chi connectivity index (χ4v) is 3.16. The van der Waals surface area contributed by atoms with E-state index < -0.39 is 0 Å². The van der Waals surface area contributed by atoms with Crippen molar-refractivity contribution in [3.63, 3.8) is 0 Å². The van der Waals surface area contributed by atoms with Gasteiger partial charge in [0.05, 0.1) is 6.10 Å². The minimum atomic E-state index is -0.0201. The summed E-state index contributed by atoms with van der Waals surface area (Å²) in [6, 6.07) is 1.44. The van der Waals surface area contributed by atoms with Gasteiger partial charge in [-0.3, -0.25) is 0 Å². The van der Waals surface area contributed by atoms with Crippen LogP contribution >= 0.6 is 0 Å². The van der Waals surface area contributed by atoms with Gasteiger partial charge in [-0.2, -0.15) is 0 Å². The van der Waals surface area contributed by atoms with E-state index in [0.29, 0.717) is 6.04 Å². The molecule has 0 unspecified atom stereocenters. The molecule has 2 rings (SSSR count). The fourth-order valence-electron chi connectivity index (χ4n) is 3.16. The molecule has 2 fully saturated rings. The molecule has 88 valence electrons. The molecule has 2 aliphatic rings. The van der Waals surface area contributed by atoms with Gasteiger partial charge in [0.2, 0.25) is 0 Å². The van der Waals surface area contributed by atoms with Gasteiger partial charge in [-0.05, 0) is 44.4 Å². The predicted molar refractivity (Wildman–Crippen MR) is 62.8 cm³/mol. The maximum atomic E-state index is 9.45. The van der Waals surface area contributed by atoms with E-state index in [1.54, 1.807) is 0 Å². The monoisotopic (exact) mass is 211 g/mol. The maximum Gasteiger partial charge on any atom is 0.0541 e. The van der Waals surface area contributed by atoms with Crippen LogP contribution in [0.15, 0.2) is 0 Å². The van der Waals surface area contributed by atoms with Crippen LogP contribution in [0, 0.1) is 5.92 Å². The number of nitrogens with one attached hydrogen (secondary N) is 1. The molecule has 2 saturated carbocycles. The maximum absolute atomic E-state index is 9.45. The SMILES string of the molecule is C[C@@H]1CCC[C@H](NC2CCC(O)CC2)C1. The predicted octanol–water partition coefficient (Wildman–Crippen LogP) is 2.46. The van der Waals surface area contributed by atoms with Crippen molar-refractivity contribution in [1.82, 2.24) is 5.32 Å². The van der Waals surface area contributed by atoms with Crippen LogP contribution in [0.4, 0.5) is 0 Å². The lowest BCUT2D eigenvalue weighted by Gasteiger charge is -2.34. The number of hydrogen-bond acceptors (Lipinski definition) is 2. The Morgan fingerprint density at radius 1 is 0.933 bits per heavy atom. The number of aliphatic hydroxyl groups is 1. The third-order valence-corrected chi connectivity index (χ3v) is 4.10. The number of rotatable bonds is 2. The lowest BCUT2D eigenvalue weighted by Crippen LogP contribution is -2.43. The molecule has 2 nitrogen and oxygen atoms in total. The highest BCUT2D eigenvalue weighted by Gasteiger charge is 2.24.